The Morgan fingerprint density at radius 3 is 2.45 bits per heavy atom. The summed E-state index contributed by atoms with van der Waals surface area (Å²) in [4.78, 5) is 0. The quantitative estimate of drug-likeness (QED) is 0.671. The third-order valence-corrected chi connectivity index (χ3v) is 3.25. The topological polar surface area (TPSA) is 18.5 Å². The molecule has 0 saturated carbocycles. The molecule has 0 saturated heterocycles. The van der Waals surface area contributed by atoms with Gasteiger partial charge in [0, 0.05) is 5.88 Å². The Kier molecular flexibility index (Phi) is 5.31. The molecule has 0 aliphatic heterocycles. The fourth-order valence-electron chi connectivity index (χ4n) is 1.82. The average Bonchev–Trinajstić information content (AvgIpc) is 2.48. The first-order valence-electron chi connectivity index (χ1n) is 6.79. The molecule has 106 valence electrons. The van der Waals surface area contributed by atoms with E-state index in [-0.39, 0.29) is 0 Å². The van der Waals surface area contributed by atoms with Crippen LogP contribution >= 0.6 is 11.6 Å². The van der Waals surface area contributed by atoms with Gasteiger partial charge in [0.1, 0.15) is 5.75 Å². The molecule has 2 aromatic rings. The first kappa shape index (κ1) is 14.7. The van der Waals surface area contributed by atoms with Gasteiger partial charge in [0.15, 0.2) is 11.5 Å². The second-order valence-corrected chi connectivity index (χ2v) is 4.90. The van der Waals surface area contributed by atoms with E-state index in [2.05, 4.69) is 6.92 Å². The highest BCUT2D eigenvalue weighted by atomic mass is 35.5. The van der Waals surface area contributed by atoms with Crippen LogP contribution in [0.4, 0.5) is 0 Å². The molecule has 0 fully saturated rings. The van der Waals surface area contributed by atoms with Crippen molar-refractivity contribution in [3.63, 3.8) is 0 Å². The molecule has 0 atom stereocenters. The van der Waals surface area contributed by atoms with E-state index in [0.29, 0.717) is 12.5 Å². The lowest BCUT2D eigenvalue weighted by Gasteiger charge is -2.14. The van der Waals surface area contributed by atoms with Crippen molar-refractivity contribution >= 4 is 11.6 Å². The summed E-state index contributed by atoms with van der Waals surface area (Å²) in [5, 5.41) is 0. The van der Waals surface area contributed by atoms with E-state index >= 15 is 0 Å². The minimum absolute atomic E-state index is 0.477. The summed E-state index contributed by atoms with van der Waals surface area (Å²) in [5.41, 5.74) is 2.11. The summed E-state index contributed by atoms with van der Waals surface area (Å²) in [6.07, 6.45) is 0.967. The van der Waals surface area contributed by atoms with Gasteiger partial charge in [-0.3, -0.25) is 0 Å². The maximum absolute atomic E-state index is 6.00. The van der Waals surface area contributed by atoms with Crippen molar-refractivity contribution in [3.05, 3.63) is 53.6 Å². The fourth-order valence-corrected chi connectivity index (χ4v) is 1.99. The molecular weight excluding hydrogens is 272 g/mol. The third kappa shape index (κ3) is 3.67. The number of alkyl halides is 1. The number of para-hydroxylation sites is 2. The van der Waals surface area contributed by atoms with E-state index in [9.17, 15) is 0 Å². The largest absolute Gasteiger partial charge is 0.490 e. The van der Waals surface area contributed by atoms with Gasteiger partial charge in [-0.2, -0.15) is 0 Å². The minimum Gasteiger partial charge on any atom is -0.490 e. The predicted molar refractivity (Wildman–Crippen MR) is 83.0 cm³/mol. The molecule has 2 nitrogen and oxygen atoms in total. The van der Waals surface area contributed by atoms with Crippen LogP contribution in [0.1, 0.15) is 24.5 Å². The fraction of sp³-hybridized carbons (Fsp3) is 0.294. The van der Waals surface area contributed by atoms with Crippen LogP contribution in [-0.2, 0) is 5.88 Å². The molecule has 0 N–H and O–H groups in total. The van der Waals surface area contributed by atoms with Crippen molar-refractivity contribution in [3.8, 4) is 17.2 Å². The van der Waals surface area contributed by atoms with Crippen LogP contribution in [0.3, 0.4) is 0 Å². The van der Waals surface area contributed by atoms with E-state index in [1.165, 1.54) is 0 Å². The summed E-state index contributed by atoms with van der Waals surface area (Å²) in [6, 6.07) is 13.7. The molecule has 0 spiro atoms. The number of hydrogen-bond donors (Lipinski definition) is 0. The molecule has 0 aliphatic rings. The number of hydrogen-bond acceptors (Lipinski definition) is 2. The highest BCUT2D eigenvalue weighted by Gasteiger charge is 2.08. The van der Waals surface area contributed by atoms with Crippen LogP contribution < -0.4 is 9.47 Å². The average molecular weight is 291 g/mol. The smallest absolute Gasteiger partial charge is 0.169 e. The van der Waals surface area contributed by atoms with Gasteiger partial charge < -0.3 is 9.47 Å². The SMILES string of the molecule is CCCOc1ccccc1Oc1cc(CCl)ccc1C. The Morgan fingerprint density at radius 2 is 1.75 bits per heavy atom. The summed E-state index contributed by atoms with van der Waals surface area (Å²) < 4.78 is 11.7. The molecule has 2 aromatic carbocycles. The normalized spacial score (nSPS) is 10.3. The van der Waals surface area contributed by atoms with Gasteiger partial charge in [-0.1, -0.05) is 31.2 Å². The number of halogens is 1. The van der Waals surface area contributed by atoms with E-state index in [4.69, 9.17) is 21.1 Å². The molecule has 0 amide bonds. The number of aryl methyl sites for hydroxylation is 1. The van der Waals surface area contributed by atoms with Crippen LogP contribution in [0.2, 0.25) is 0 Å². The summed E-state index contributed by atoms with van der Waals surface area (Å²) in [7, 11) is 0. The number of benzene rings is 2. The zero-order chi connectivity index (χ0) is 14.4. The van der Waals surface area contributed by atoms with E-state index in [1.807, 2.05) is 49.4 Å². The third-order valence-electron chi connectivity index (χ3n) is 2.94. The van der Waals surface area contributed by atoms with Gasteiger partial charge >= 0.3 is 0 Å². The van der Waals surface area contributed by atoms with Crippen molar-refractivity contribution in [1.29, 1.82) is 0 Å². The molecule has 0 bridgehead atoms. The van der Waals surface area contributed by atoms with Crippen molar-refractivity contribution in [2.24, 2.45) is 0 Å². The Hall–Kier alpha value is -1.67. The van der Waals surface area contributed by atoms with Gasteiger partial charge in [-0.05, 0) is 42.7 Å². The molecule has 3 heteroatoms. The summed E-state index contributed by atoms with van der Waals surface area (Å²) >= 11 is 5.87. The van der Waals surface area contributed by atoms with Crippen LogP contribution in [0.25, 0.3) is 0 Å². The Balaban J connectivity index is 2.25. The van der Waals surface area contributed by atoms with Crippen LogP contribution in [0.5, 0.6) is 17.2 Å². The lowest BCUT2D eigenvalue weighted by atomic mass is 10.1. The Morgan fingerprint density at radius 1 is 1.00 bits per heavy atom. The monoisotopic (exact) mass is 290 g/mol. The minimum atomic E-state index is 0.477. The van der Waals surface area contributed by atoms with Gasteiger partial charge in [-0.15, -0.1) is 11.6 Å². The summed E-state index contributed by atoms with van der Waals surface area (Å²) in [5.74, 6) is 2.79. The lowest BCUT2D eigenvalue weighted by molar-refractivity contribution is 0.302. The maximum Gasteiger partial charge on any atom is 0.169 e. The second kappa shape index (κ2) is 7.20. The lowest BCUT2D eigenvalue weighted by Crippen LogP contribution is -1.98. The molecule has 0 aromatic heterocycles. The van der Waals surface area contributed by atoms with Gasteiger partial charge in [-0.25, -0.2) is 0 Å². The van der Waals surface area contributed by atoms with Gasteiger partial charge in [0.05, 0.1) is 6.61 Å². The molecule has 20 heavy (non-hydrogen) atoms. The molecule has 0 unspecified atom stereocenters. The zero-order valence-electron chi connectivity index (χ0n) is 11.9. The standard InChI is InChI=1S/C17H19ClO2/c1-3-10-19-15-6-4-5-7-16(15)20-17-11-14(12-18)9-8-13(17)2/h4-9,11H,3,10,12H2,1-2H3. The van der Waals surface area contributed by atoms with E-state index < -0.39 is 0 Å². The highest BCUT2D eigenvalue weighted by molar-refractivity contribution is 6.17. The maximum atomic E-state index is 6.00. The molecular formula is C17H19ClO2. The predicted octanol–water partition coefficient (Wildman–Crippen LogP) is 5.31. The number of ether oxygens (including phenoxy) is 2. The van der Waals surface area contributed by atoms with Gasteiger partial charge in [0.25, 0.3) is 0 Å². The molecule has 0 heterocycles. The van der Waals surface area contributed by atoms with Crippen LogP contribution in [-0.4, -0.2) is 6.61 Å². The summed E-state index contributed by atoms with van der Waals surface area (Å²) in [6.45, 7) is 4.78. The molecule has 2 rings (SSSR count). The van der Waals surface area contributed by atoms with Gasteiger partial charge in [0.2, 0.25) is 0 Å². The van der Waals surface area contributed by atoms with Crippen molar-refractivity contribution < 1.29 is 9.47 Å². The second-order valence-electron chi connectivity index (χ2n) is 4.63. The van der Waals surface area contributed by atoms with Crippen LogP contribution in [0.15, 0.2) is 42.5 Å². The van der Waals surface area contributed by atoms with Crippen LogP contribution in [0, 0.1) is 6.92 Å². The van der Waals surface area contributed by atoms with Crippen molar-refractivity contribution in [1.82, 2.24) is 0 Å². The highest BCUT2D eigenvalue weighted by Crippen LogP contribution is 2.33. The molecule has 0 aliphatic carbocycles. The van der Waals surface area contributed by atoms with E-state index in [0.717, 1.165) is 34.8 Å². The van der Waals surface area contributed by atoms with Crippen molar-refractivity contribution in [2.75, 3.05) is 6.61 Å². The van der Waals surface area contributed by atoms with E-state index in [1.54, 1.807) is 0 Å². The zero-order valence-corrected chi connectivity index (χ0v) is 12.6. The first-order chi connectivity index (χ1) is 9.74. The molecule has 0 radical (unpaired) electrons. The Bertz CT molecular complexity index is 567. The van der Waals surface area contributed by atoms with Crippen molar-refractivity contribution in [2.45, 2.75) is 26.1 Å². The number of rotatable bonds is 6. The Labute approximate surface area is 125 Å². The first-order valence-corrected chi connectivity index (χ1v) is 7.33.